The molecule has 1 amide bonds. The quantitative estimate of drug-likeness (QED) is 0.774. The number of hydrogen-bond donors (Lipinski definition) is 1. The fraction of sp³-hybridized carbons (Fsp3) is 0.105. The third-order valence-electron chi connectivity index (χ3n) is 3.53. The smallest absolute Gasteiger partial charge is 0.251 e. The van der Waals surface area contributed by atoms with Gasteiger partial charge in [0.15, 0.2) is 0 Å². The van der Waals surface area contributed by atoms with Crippen molar-refractivity contribution in [3.63, 3.8) is 0 Å². The van der Waals surface area contributed by atoms with E-state index in [0.29, 0.717) is 12.1 Å². The largest absolute Gasteiger partial charge is 0.472 e. The lowest BCUT2D eigenvalue weighted by Gasteiger charge is -2.06. The Morgan fingerprint density at radius 1 is 0.909 bits per heavy atom. The van der Waals surface area contributed by atoms with Crippen LogP contribution in [-0.2, 0) is 6.42 Å². The van der Waals surface area contributed by atoms with E-state index in [1.165, 1.54) is 0 Å². The maximum atomic E-state index is 12.1. The molecule has 0 unspecified atom stereocenters. The van der Waals surface area contributed by atoms with Crippen LogP contribution < -0.4 is 5.32 Å². The molecule has 0 spiro atoms. The van der Waals surface area contributed by atoms with Crippen molar-refractivity contribution in [3.05, 3.63) is 84.3 Å². The van der Waals surface area contributed by atoms with Gasteiger partial charge in [0.05, 0.1) is 12.5 Å². The molecule has 0 aliphatic carbocycles. The summed E-state index contributed by atoms with van der Waals surface area (Å²) < 4.78 is 5.00. The van der Waals surface area contributed by atoms with Crippen LogP contribution in [0.2, 0.25) is 0 Å². The number of rotatable bonds is 5. The van der Waals surface area contributed by atoms with Crippen LogP contribution in [0.3, 0.4) is 0 Å². The van der Waals surface area contributed by atoms with E-state index >= 15 is 0 Å². The van der Waals surface area contributed by atoms with Crippen molar-refractivity contribution in [2.24, 2.45) is 0 Å². The molecular formula is C19H17NO2. The van der Waals surface area contributed by atoms with E-state index in [-0.39, 0.29) is 5.91 Å². The molecule has 2 aromatic carbocycles. The van der Waals surface area contributed by atoms with Gasteiger partial charge in [0.25, 0.3) is 5.91 Å². The highest BCUT2D eigenvalue weighted by molar-refractivity contribution is 5.94. The van der Waals surface area contributed by atoms with Gasteiger partial charge >= 0.3 is 0 Å². The van der Waals surface area contributed by atoms with E-state index in [2.05, 4.69) is 17.4 Å². The summed E-state index contributed by atoms with van der Waals surface area (Å²) in [5.74, 6) is -0.0527. The molecule has 0 saturated carbocycles. The molecular weight excluding hydrogens is 274 g/mol. The lowest BCUT2D eigenvalue weighted by molar-refractivity contribution is 0.0954. The zero-order chi connectivity index (χ0) is 15.2. The Bertz CT molecular complexity index is 716. The second-order valence-electron chi connectivity index (χ2n) is 5.08. The first kappa shape index (κ1) is 14.1. The van der Waals surface area contributed by atoms with E-state index in [1.54, 1.807) is 12.5 Å². The standard InChI is InChI=1S/C19H17NO2/c21-19(20-12-10-15-11-13-22-14-15)18-8-6-17(7-9-18)16-4-2-1-3-5-16/h1-9,11,13-14H,10,12H2,(H,20,21). The van der Waals surface area contributed by atoms with Gasteiger partial charge in [0.1, 0.15) is 0 Å². The van der Waals surface area contributed by atoms with Gasteiger partial charge < -0.3 is 9.73 Å². The third kappa shape index (κ3) is 3.44. The minimum absolute atomic E-state index is 0.0527. The molecule has 0 bridgehead atoms. The van der Waals surface area contributed by atoms with E-state index in [9.17, 15) is 4.79 Å². The van der Waals surface area contributed by atoms with Crippen molar-refractivity contribution in [1.82, 2.24) is 5.32 Å². The number of furan rings is 1. The van der Waals surface area contributed by atoms with Gasteiger partial charge in [-0.2, -0.15) is 0 Å². The molecule has 3 rings (SSSR count). The molecule has 1 heterocycles. The van der Waals surface area contributed by atoms with Gasteiger partial charge in [-0.05, 0) is 41.3 Å². The second kappa shape index (κ2) is 6.76. The zero-order valence-corrected chi connectivity index (χ0v) is 12.2. The molecule has 1 aromatic heterocycles. The molecule has 3 heteroatoms. The maximum Gasteiger partial charge on any atom is 0.251 e. The number of amides is 1. The van der Waals surface area contributed by atoms with E-state index in [0.717, 1.165) is 23.1 Å². The first-order chi connectivity index (χ1) is 10.8. The Hall–Kier alpha value is -2.81. The second-order valence-corrected chi connectivity index (χ2v) is 5.08. The predicted octanol–water partition coefficient (Wildman–Crippen LogP) is 3.92. The highest BCUT2D eigenvalue weighted by Gasteiger charge is 2.05. The molecule has 0 fully saturated rings. The highest BCUT2D eigenvalue weighted by atomic mass is 16.3. The fourth-order valence-corrected chi connectivity index (χ4v) is 2.30. The van der Waals surface area contributed by atoms with Gasteiger partial charge in [-0.1, -0.05) is 42.5 Å². The number of hydrogen-bond acceptors (Lipinski definition) is 2. The third-order valence-corrected chi connectivity index (χ3v) is 3.53. The van der Waals surface area contributed by atoms with Crippen molar-refractivity contribution in [3.8, 4) is 11.1 Å². The summed E-state index contributed by atoms with van der Waals surface area (Å²) in [6, 6.07) is 19.7. The van der Waals surface area contributed by atoms with E-state index < -0.39 is 0 Å². The monoisotopic (exact) mass is 291 g/mol. The Balaban J connectivity index is 1.59. The SMILES string of the molecule is O=C(NCCc1ccoc1)c1ccc(-c2ccccc2)cc1. The van der Waals surface area contributed by atoms with Gasteiger partial charge in [-0.25, -0.2) is 0 Å². The molecule has 0 atom stereocenters. The molecule has 0 saturated heterocycles. The van der Waals surface area contributed by atoms with Gasteiger partial charge in [-0.3, -0.25) is 4.79 Å². The van der Waals surface area contributed by atoms with Gasteiger partial charge in [0, 0.05) is 12.1 Å². The Labute approximate surface area is 129 Å². The molecule has 3 aromatic rings. The summed E-state index contributed by atoms with van der Waals surface area (Å²) in [4.78, 5) is 12.1. The molecule has 110 valence electrons. The maximum absolute atomic E-state index is 12.1. The average molecular weight is 291 g/mol. The van der Waals surface area contributed by atoms with Gasteiger partial charge in [0.2, 0.25) is 0 Å². The summed E-state index contributed by atoms with van der Waals surface area (Å²) in [7, 11) is 0. The van der Waals surface area contributed by atoms with Crippen LogP contribution in [0.15, 0.2) is 77.6 Å². The Morgan fingerprint density at radius 3 is 2.32 bits per heavy atom. The van der Waals surface area contributed by atoms with Crippen LogP contribution in [0.25, 0.3) is 11.1 Å². The van der Waals surface area contributed by atoms with Crippen LogP contribution in [0.1, 0.15) is 15.9 Å². The lowest BCUT2D eigenvalue weighted by atomic mass is 10.0. The van der Waals surface area contributed by atoms with Crippen LogP contribution in [0.5, 0.6) is 0 Å². The molecule has 0 aliphatic heterocycles. The van der Waals surface area contributed by atoms with Crippen molar-refractivity contribution in [1.29, 1.82) is 0 Å². The van der Waals surface area contributed by atoms with Crippen LogP contribution in [0.4, 0.5) is 0 Å². The summed E-state index contributed by atoms with van der Waals surface area (Å²) >= 11 is 0. The molecule has 1 N–H and O–H groups in total. The number of nitrogens with one attached hydrogen (secondary N) is 1. The normalized spacial score (nSPS) is 10.4. The van der Waals surface area contributed by atoms with Crippen molar-refractivity contribution in [2.45, 2.75) is 6.42 Å². The topological polar surface area (TPSA) is 42.2 Å². The van der Waals surface area contributed by atoms with Gasteiger partial charge in [-0.15, -0.1) is 0 Å². The van der Waals surface area contributed by atoms with Crippen LogP contribution in [0, 0.1) is 0 Å². The molecule has 0 aliphatic rings. The highest BCUT2D eigenvalue weighted by Crippen LogP contribution is 2.19. The number of benzene rings is 2. The zero-order valence-electron chi connectivity index (χ0n) is 12.2. The predicted molar refractivity (Wildman–Crippen MR) is 86.6 cm³/mol. The van der Waals surface area contributed by atoms with Crippen LogP contribution >= 0.6 is 0 Å². The van der Waals surface area contributed by atoms with E-state index in [4.69, 9.17) is 4.42 Å². The van der Waals surface area contributed by atoms with Crippen molar-refractivity contribution < 1.29 is 9.21 Å². The molecule has 3 nitrogen and oxygen atoms in total. The Kier molecular flexibility index (Phi) is 4.35. The minimum atomic E-state index is -0.0527. The number of carbonyl (C=O) groups is 1. The summed E-state index contributed by atoms with van der Waals surface area (Å²) in [5.41, 5.74) is 4.01. The van der Waals surface area contributed by atoms with E-state index in [1.807, 2.05) is 48.5 Å². The fourth-order valence-electron chi connectivity index (χ4n) is 2.30. The first-order valence-corrected chi connectivity index (χ1v) is 7.28. The van der Waals surface area contributed by atoms with Crippen molar-refractivity contribution >= 4 is 5.91 Å². The van der Waals surface area contributed by atoms with Crippen molar-refractivity contribution in [2.75, 3.05) is 6.54 Å². The summed E-state index contributed by atoms with van der Waals surface area (Å²) in [6.45, 7) is 0.596. The molecule has 0 radical (unpaired) electrons. The lowest BCUT2D eigenvalue weighted by Crippen LogP contribution is -2.25. The van der Waals surface area contributed by atoms with Crippen LogP contribution in [-0.4, -0.2) is 12.5 Å². The summed E-state index contributed by atoms with van der Waals surface area (Å²) in [5, 5.41) is 2.92. The Morgan fingerprint density at radius 2 is 1.64 bits per heavy atom. The summed E-state index contributed by atoms with van der Waals surface area (Å²) in [6.07, 6.45) is 4.10. The number of carbonyl (C=O) groups excluding carboxylic acids is 1. The first-order valence-electron chi connectivity index (χ1n) is 7.28. The minimum Gasteiger partial charge on any atom is -0.472 e. The molecule has 22 heavy (non-hydrogen) atoms. The average Bonchev–Trinajstić information content (AvgIpc) is 3.09.